The molecule has 0 unspecified atom stereocenters. The minimum absolute atomic E-state index is 0.0442. The van der Waals surface area contributed by atoms with Crippen molar-refractivity contribution in [3.05, 3.63) is 23.5 Å². The van der Waals surface area contributed by atoms with Gasteiger partial charge in [0.1, 0.15) is 0 Å². The van der Waals surface area contributed by atoms with E-state index in [1.54, 1.807) is 0 Å². The number of rotatable bonds is 7. The SMILES string of the molecule is Cc1cc(NCCC(C)(C)CCC(=O)O)cc(C)n1. The van der Waals surface area contributed by atoms with Crippen molar-refractivity contribution in [2.24, 2.45) is 5.41 Å². The van der Waals surface area contributed by atoms with E-state index < -0.39 is 5.97 Å². The lowest BCUT2D eigenvalue weighted by Gasteiger charge is -2.24. The lowest BCUT2D eigenvalue weighted by atomic mass is 9.84. The number of anilines is 1. The zero-order chi connectivity index (χ0) is 14.5. The van der Waals surface area contributed by atoms with Crippen LogP contribution >= 0.6 is 0 Å². The van der Waals surface area contributed by atoms with Crippen molar-refractivity contribution in [2.75, 3.05) is 11.9 Å². The van der Waals surface area contributed by atoms with Gasteiger partial charge < -0.3 is 10.4 Å². The summed E-state index contributed by atoms with van der Waals surface area (Å²) in [4.78, 5) is 14.9. The molecule has 0 aliphatic rings. The van der Waals surface area contributed by atoms with E-state index in [-0.39, 0.29) is 11.8 Å². The van der Waals surface area contributed by atoms with Crippen LogP contribution in [0.1, 0.15) is 44.5 Å². The normalized spacial score (nSPS) is 11.4. The first kappa shape index (κ1) is 15.5. The Hall–Kier alpha value is -1.58. The van der Waals surface area contributed by atoms with Crippen LogP contribution in [0.3, 0.4) is 0 Å². The molecule has 0 radical (unpaired) electrons. The highest BCUT2D eigenvalue weighted by Crippen LogP contribution is 2.26. The van der Waals surface area contributed by atoms with Crippen LogP contribution < -0.4 is 5.32 Å². The van der Waals surface area contributed by atoms with E-state index in [9.17, 15) is 4.79 Å². The van der Waals surface area contributed by atoms with E-state index in [2.05, 4.69) is 24.1 Å². The zero-order valence-corrected chi connectivity index (χ0v) is 12.3. The molecule has 4 heteroatoms. The molecule has 0 spiro atoms. The molecule has 106 valence electrons. The summed E-state index contributed by atoms with van der Waals surface area (Å²) in [6, 6.07) is 4.05. The Morgan fingerprint density at radius 2 is 1.84 bits per heavy atom. The van der Waals surface area contributed by atoms with Crippen LogP contribution in [0.25, 0.3) is 0 Å². The number of nitrogens with one attached hydrogen (secondary N) is 1. The highest BCUT2D eigenvalue weighted by molar-refractivity contribution is 5.66. The monoisotopic (exact) mass is 264 g/mol. The van der Waals surface area contributed by atoms with Crippen molar-refractivity contribution in [2.45, 2.75) is 47.0 Å². The van der Waals surface area contributed by atoms with E-state index in [0.29, 0.717) is 6.42 Å². The van der Waals surface area contributed by atoms with Crippen LogP contribution in [0, 0.1) is 19.3 Å². The summed E-state index contributed by atoms with van der Waals surface area (Å²) in [7, 11) is 0. The van der Waals surface area contributed by atoms with Crippen molar-refractivity contribution in [3.8, 4) is 0 Å². The summed E-state index contributed by atoms with van der Waals surface area (Å²) < 4.78 is 0. The van der Waals surface area contributed by atoms with Crippen molar-refractivity contribution < 1.29 is 9.90 Å². The number of hydrogen-bond donors (Lipinski definition) is 2. The first-order valence-electron chi connectivity index (χ1n) is 6.69. The average Bonchev–Trinajstić information content (AvgIpc) is 2.25. The Bertz CT molecular complexity index is 422. The lowest BCUT2D eigenvalue weighted by molar-refractivity contribution is -0.137. The standard InChI is InChI=1S/C15H24N2O2/c1-11-9-13(10-12(2)17-11)16-8-7-15(3,4)6-5-14(18)19/h9-10H,5-8H2,1-4H3,(H,16,17)(H,18,19). The van der Waals surface area contributed by atoms with Gasteiger partial charge in [-0.2, -0.15) is 0 Å². The van der Waals surface area contributed by atoms with Crippen LogP contribution in [0.2, 0.25) is 0 Å². The van der Waals surface area contributed by atoms with E-state index in [1.165, 1.54) is 0 Å². The molecular formula is C15H24N2O2. The molecular weight excluding hydrogens is 240 g/mol. The third-order valence-corrected chi connectivity index (χ3v) is 3.23. The molecule has 0 saturated carbocycles. The predicted octanol–water partition coefficient (Wildman–Crippen LogP) is 3.39. The number of carboxylic acid groups (broad SMARTS) is 1. The maximum Gasteiger partial charge on any atom is 0.303 e. The smallest absolute Gasteiger partial charge is 0.303 e. The largest absolute Gasteiger partial charge is 0.481 e. The number of aromatic nitrogens is 1. The number of carboxylic acids is 1. The minimum atomic E-state index is -0.721. The van der Waals surface area contributed by atoms with Crippen LogP contribution in [0.4, 0.5) is 5.69 Å². The Balaban J connectivity index is 2.42. The van der Waals surface area contributed by atoms with Crippen molar-refractivity contribution >= 4 is 11.7 Å². The minimum Gasteiger partial charge on any atom is -0.481 e. The summed E-state index contributed by atoms with van der Waals surface area (Å²) in [6.45, 7) is 9.03. The third kappa shape index (κ3) is 6.22. The van der Waals surface area contributed by atoms with E-state index in [0.717, 1.165) is 30.0 Å². The molecule has 1 aromatic heterocycles. The van der Waals surface area contributed by atoms with E-state index in [1.807, 2.05) is 26.0 Å². The summed E-state index contributed by atoms with van der Waals surface area (Å²) in [6.07, 6.45) is 1.89. The number of aliphatic carboxylic acids is 1. The molecule has 2 N–H and O–H groups in total. The van der Waals surface area contributed by atoms with Crippen molar-refractivity contribution in [1.29, 1.82) is 0 Å². The molecule has 0 aliphatic heterocycles. The Labute approximate surface area is 115 Å². The fourth-order valence-corrected chi connectivity index (χ4v) is 2.05. The first-order valence-corrected chi connectivity index (χ1v) is 6.69. The number of carbonyl (C=O) groups is 1. The van der Waals surface area contributed by atoms with Crippen LogP contribution in [-0.2, 0) is 4.79 Å². The highest BCUT2D eigenvalue weighted by Gasteiger charge is 2.18. The maximum absolute atomic E-state index is 10.6. The van der Waals surface area contributed by atoms with Crippen molar-refractivity contribution in [1.82, 2.24) is 4.98 Å². The fourth-order valence-electron chi connectivity index (χ4n) is 2.05. The molecule has 1 aromatic rings. The predicted molar refractivity (Wildman–Crippen MR) is 77.5 cm³/mol. The highest BCUT2D eigenvalue weighted by atomic mass is 16.4. The molecule has 4 nitrogen and oxygen atoms in total. The molecule has 0 bridgehead atoms. The van der Waals surface area contributed by atoms with Gasteiger partial charge in [-0.15, -0.1) is 0 Å². The molecule has 0 amide bonds. The quantitative estimate of drug-likeness (QED) is 0.792. The Morgan fingerprint density at radius 3 is 2.37 bits per heavy atom. The fraction of sp³-hybridized carbons (Fsp3) is 0.600. The molecule has 1 heterocycles. The topological polar surface area (TPSA) is 62.2 Å². The summed E-state index contributed by atoms with van der Waals surface area (Å²) in [5, 5.41) is 12.1. The number of nitrogens with zero attached hydrogens (tertiary/aromatic N) is 1. The van der Waals surface area contributed by atoms with Gasteiger partial charge in [0, 0.05) is 30.0 Å². The van der Waals surface area contributed by atoms with Crippen LogP contribution in [0.5, 0.6) is 0 Å². The van der Waals surface area contributed by atoms with Gasteiger partial charge in [-0.05, 0) is 44.2 Å². The first-order chi connectivity index (χ1) is 8.78. The van der Waals surface area contributed by atoms with Gasteiger partial charge >= 0.3 is 5.97 Å². The van der Waals surface area contributed by atoms with Gasteiger partial charge in [0.15, 0.2) is 0 Å². The number of pyridine rings is 1. The van der Waals surface area contributed by atoms with Gasteiger partial charge in [-0.1, -0.05) is 13.8 Å². The Morgan fingerprint density at radius 1 is 1.26 bits per heavy atom. The molecule has 19 heavy (non-hydrogen) atoms. The zero-order valence-electron chi connectivity index (χ0n) is 12.3. The third-order valence-electron chi connectivity index (χ3n) is 3.23. The molecule has 1 rings (SSSR count). The molecule has 0 atom stereocenters. The van der Waals surface area contributed by atoms with Gasteiger partial charge in [-0.3, -0.25) is 9.78 Å². The van der Waals surface area contributed by atoms with E-state index in [4.69, 9.17) is 5.11 Å². The summed E-state index contributed by atoms with van der Waals surface area (Å²) in [5.41, 5.74) is 3.14. The second-order valence-electron chi connectivity index (χ2n) is 5.87. The molecule has 0 fully saturated rings. The summed E-state index contributed by atoms with van der Waals surface area (Å²) in [5.74, 6) is -0.721. The second-order valence-corrected chi connectivity index (χ2v) is 5.87. The molecule has 0 aromatic carbocycles. The van der Waals surface area contributed by atoms with Gasteiger partial charge in [0.05, 0.1) is 0 Å². The summed E-state index contributed by atoms with van der Waals surface area (Å²) >= 11 is 0. The van der Waals surface area contributed by atoms with Crippen LogP contribution in [-0.4, -0.2) is 22.6 Å². The molecule has 0 aliphatic carbocycles. The number of aryl methyl sites for hydroxylation is 2. The Kier molecular flexibility index (Phi) is 5.33. The van der Waals surface area contributed by atoms with E-state index >= 15 is 0 Å². The number of hydrogen-bond acceptors (Lipinski definition) is 3. The van der Waals surface area contributed by atoms with Gasteiger partial charge in [0.25, 0.3) is 0 Å². The van der Waals surface area contributed by atoms with Gasteiger partial charge in [0.2, 0.25) is 0 Å². The van der Waals surface area contributed by atoms with Crippen LogP contribution in [0.15, 0.2) is 12.1 Å². The lowest BCUT2D eigenvalue weighted by Crippen LogP contribution is -2.18. The average molecular weight is 264 g/mol. The second kappa shape index (κ2) is 6.55. The van der Waals surface area contributed by atoms with Gasteiger partial charge in [-0.25, -0.2) is 0 Å². The maximum atomic E-state index is 10.6. The molecule has 0 saturated heterocycles. The van der Waals surface area contributed by atoms with Crippen molar-refractivity contribution in [3.63, 3.8) is 0 Å².